The zero-order chi connectivity index (χ0) is 22.8. The summed E-state index contributed by atoms with van der Waals surface area (Å²) in [6, 6.07) is 11.0. The first-order valence-corrected chi connectivity index (χ1v) is 11.9. The van der Waals surface area contributed by atoms with Crippen molar-refractivity contribution in [3.05, 3.63) is 63.7 Å². The molecule has 172 valence electrons. The highest BCUT2D eigenvalue weighted by Crippen LogP contribution is 2.34. The highest BCUT2D eigenvalue weighted by molar-refractivity contribution is 5.97. The zero-order valence-corrected chi connectivity index (χ0v) is 19.0. The highest BCUT2D eigenvalue weighted by atomic mass is 16.6. The van der Waals surface area contributed by atoms with E-state index < -0.39 is 0 Å². The maximum atomic E-state index is 13.4. The molecule has 7 nitrogen and oxygen atoms in total. The Kier molecular flexibility index (Phi) is 6.03. The van der Waals surface area contributed by atoms with Crippen LogP contribution in [0.25, 0.3) is 10.9 Å². The fourth-order valence-corrected chi connectivity index (χ4v) is 4.70. The van der Waals surface area contributed by atoms with Crippen LogP contribution in [-0.2, 0) is 19.5 Å². The second-order valence-electron chi connectivity index (χ2n) is 8.64. The predicted octanol–water partition coefficient (Wildman–Crippen LogP) is 3.95. The molecule has 0 atom stereocenters. The van der Waals surface area contributed by atoms with E-state index in [0.29, 0.717) is 60.8 Å². The van der Waals surface area contributed by atoms with E-state index in [1.165, 1.54) is 0 Å². The van der Waals surface area contributed by atoms with Gasteiger partial charge in [0, 0.05) is 37.2 Å². The summed E-state index contributed by atoms with van der Waals surface area (Å²) in [6.45, 7) is 4.66. The Morgan fingerprint density at radius 3 is 2.82 bits per heavy atom. The molecule has 0 unspecified atom stereocenters. The first kappa shape index (κ1) is 21.5. The fraction of sp³-hybridized carbons (Fsp3) is 0.423. The van der Waals surface area contributed by atoms with Crippen molar-refractivity contribution in [2.45, 2.75) is 52.1 Å². The molecule has 2 aliphatic heterocycles. The Hall–Kier alpha value is -3.35. The number of hydrogen-bond donors (Lipinski definition) is 0. The molecule has 1 aromatic heterocycles. The van der Waals surface area contributed by atoms with Crippen molar-refractivity contribution in [1.29, 1.82) is 0 Å². The number of carbonyl (C=O) groups excluding carboxylic acids is 1. The van der Waals surface area contributed by atoms with Gasteiger partial charge in [0.25, 0.3) is 11.5 Å². The molecule has 0 spiro atoms. The van der Waals surface area contributed by atoms with Gasteiger partial charge in [-0.05, 0) is 44.0 Å². The summed E-state index contributed by atoms with van der Waals surface area (Å²) in [4.78, 5) is 33.1. The van der Waals surface area contributed by atoms with E-state index in [-0.39, 0.29) is 11.5 Å². The number of carbonyl (C=O) groups is 1. The van der Waals surface area contributed by atoms with Gasteiger partial charge in [-0.15, -0.1) is 0 Å². The number of rotatable bonds is 4. The van der Waals surface area contributed by atoms with Crippen LogP contribution in [-0.4, -0.2) is 40.1 Å². The predicted molar refractivity (Wildman–Crippen MR) is 126 cm³/mol. The molecule has 0 fully saturated rings. The van der Waals surface area contributed by atoms with Gasteiger partial charge in [-0.25, -0.2) is 4.98 Å². The van der Waals surface area contributed by atoms with E-state index >= 15 is 0 Å². The summed E-state index contributed by atoms with van der Waals surface area (Å²) < 4.78 is 13.3. The number of nitrogens with zero attached hydrogens (tertiary/aromatic N) is 3. The van der Waals surface area contributed by atoms with E-state index in [2.05, 4.69) is 0 Å². The third-order valence-electron chi connectivity index (χ3n) is 6.49. The average molecular weight is 448 g/mol. The number of aromatic nitrogens is 2. The Balaban J connectivity index is 1.46. The van der Waals surface area contributed by atoms with Crippen molar-refractivity contribution in [1.82, 2.24) is 14.5 Å². The van der Waals surface area contributed by atoms with Crippen molar-refractivity contribution in [2.24, 2.45) is 0 Å². The molecule has 3 aromatic rings. The van der Waals surface area contributed by atoms with Gasteiger partial charge in [-0.1, -0.05) is 25.0 Å². The summed E-state index contributed by atoms with van der Waals surface area (Å²) >= 11 is 0. The van der Waals surface area contributed by atoms with E-state index in [1.54, 1.807) is 23.1 Å². The number of hydrogen-bond acceptors (Lipinski definition) is 5. The Labute approximate surface area is 192 Å². The third-order valence-corrected chi connectivity index (χ3v) is 6.49. The van der Waals surface area contributed by atoms with Crippen molar-refractivity contribution in [3.63, 3.8) is 0 Å². The number of amides is 1. The van der Waals surface area contributed by atoms with Gasteiger partial charge in [-0.2, -0.15) is 0 Å². The van der Waals surface area contributed by atoms with Crippen LogP contribution in [0.3, 0.4) is 0 Å². The molecule has 0 saturated carbocycles. The Bertz CT molecular complexity index is 1250. The summed E-state index contributed by atoms with van der Waals surface area (Å²) in [7, 11) is 0. The van der Waals surface area contributed by atoms with E-state index in [9.17, 15) is 9.59 Å². The average Bonchev–Trinajstić information content (AvgIpc) is 2.83. The molecule has 0 radical (unpaired) electrons. The van der Waals surface area contributed by atoms with Crippen LogP contribution in [0.15, 0.2) is 41.2 Å². The van der Waals surface area contributed by atoms with E-state index in [1.807, 2.05) is 29.7 Å². The highest BCUT2D eigenvalue weighted by Gasteiger charge is 2.21. The second-order valence-corrected chi connectivity index (χ2v) is 8.64. The van der Waals surface area contributed by atoms with Crippen molar-refractivity contribution in [3.8, 4) is 11.5 Å². The standard InChI is InChI=1S/C26H29N3O4/c1-2-28(17-19-8-7-9-22-24(19)33-15-14-32-22)25(30)18-11-12-20-21(16-18)27-23-10-5-3-4-6-13-29(23)26(20)31/h7-9,11-12,16H,2-6,10,13-15,17H2,1H3. The van der Waals surface area contributed by atoms with Crippen LogP contribution in [0, 0.1) is 0 Å². The summed E-state index contributed by atoms with van der Waals surface area (Å²) in [5, 5.41) is 0.571. The molecule has 0 bridgehead atoms. The minimum atomic E-state index is -0.0950. The summed E-state index contributed by atoms with van der Waals surface area (Å²) in [5.41, 5.74) is 2.05. The van der Waals surface area contributed by atoms with E-state index in [4.69, 9.17) is 14.5 Å². The molecule has 3 heterocycles. The minimum Gasteiger partial charge on any atom is -0.486 e. The lowest BCUT2D eigenvalue weighted by molar-refractivity contribution is 0.0749. The Morgan fingerprint density at radius 2 is 1.94 bits per heavy atom. The smallest absolute Gasteiger partial charge is 0.261 e. The number of benzene rings is 2. The molecule has 33 heavy (non-hydrogen) atoms. The zero-order valence-electron chi connectivity index (χ0n) is 19.0. The van der Waals surface area contributed by atoms with Crippen LogP contribution in [0.2, 0.25) is 0 Å². The number of para-hydroxylation sites is 1. The van der Waals surface area contributed by atoms with Gasteiger partial charge in [-0.3, -0.25) is 14.2 Å². The normalized spacial score (nSPS) is 15.4. The van der Waals surface area contributed by atoms with Crippen molar-refractivity contribution < 1.29 is 14.3 Å². The molecule has 2 aliphatic rings. The third kappa shape index (κ3) is 4.19. The fourth-order valence-electron chi connectivity index (χ4n) is 4.70. The van der Waals surface area contributed by atoms with Crippen LogP contribution in [0.5, 0.6) is 11.5 Å². The SMILES string of the molecule is CCN(Cc1cccc2c1OCCO2)C(=O)c1ccc2c(=O)n3c(nc2c1)CCCCCC3. The maximum absolute atomic E-state index is 13.4. The Morgan fingerprint density at radius 1 is 1.09 bits per heavy atom. The minimum absolute atomic E-state index is 0.00342. The number of aryl methyl sites for hydroxylation is 1. The molecule has 7 heteroatoms. The molecular formula is C26H29N3O4. The van der Waals surface area contributed by atoms with E-state index in [0.717, 1.165) is 43.5 Å². The first-order chi connectivity index (χ1) is 16.2. The van der Waals surface area contributed by atoms with Gasteiger partial charge in [0.05, 0.1) is 10.9 Å². The lowest BCUT2D eigenvalue weighted by Crippen LogP contribution is -2.31. The topological polar surface area (TPSA) is 73.7 Å². The second kappa shape index (κ2) is 9.25. The molecule has 2 aromatic carbocycles. The quantitative estimate of drug-likeness (QED) is 0.606. The molecule has 1 amide bonds. The van der Waals surface area contributed by atoms with Gasteiger partial charge < -0.3 is 14.4 Å². The first-order valence-electron chi connectivity index (χ1n) is 11.9. The van der Waals surface area contributed by atoms with Gasteiger partial charge in [0.2, 0.25) is 0 Å². The van der Waals surface area contributed by atoms with Gasteiger partial charge >= 0.3 is 0 Å². The molecule has 0 N–H and O–H groups in total. The van der Waals surface area contributed by atoms with Gasteiger partial charge in [0.1, 0.15) is 19.0 Å². The van der Waals surface area contributed by atoms with Crippen LogP contribution in [0.1, 0.15) is 54.4 Å². The van der Waals surface area contributed by atoms with Crippen molar-refractivity contribution in [2.75, 3.05) is 19.8 Å². The number of ether oxygens (including phenoxy) is 2. The largest absolute Gasteiger partial charge is 0.486 e. The van der Waals surface area contributed by atoms with Crippen LogP contribution < -0.4 is 15.0 Å². The lowest BCUT2D eigenvalue weighted by atomic mass is 10.1. The number of fused-ring (bicyclic) bond motifs is 3. The summed E-state index contributed by atoms with van der Waals surface area (Å²) in [5.74, 6) is 2.16. The maximum Gasteiger partial charge on any atom is 0.261 e. The van der Waals surface area contributed by atoms with Crippen molar-refractivity contribution >= 4 is 16.8 Å². The monoisotopic (exact) mass is 447 g/mol. The summed E-state index contributed by atoms with van der Waals surface area (Å²) in [6.07, 6.45) is 5.14. The molecular weight excluding hydrogens is 418 g/mol. The van der Waals surface area contributed by atoms with Crippen LogP contribution in [0.4, 0.5) is 0 Å². The molecule has 5 rings (SSSR count). The van der Waals surface area contributed by atoms with Gasteiger partial charge in [0.15, 0.2) is 11.5 Å². The lowest BCUT2D eigenvalue weighted by Gasteiger charge is -2.25. The molecule has 0 aliphatic carbocycles. The van der Waals surface area contributed by atoms with Crippen LogP contribution >= 0.6 is 0 Å². The molecule has 0 saturated heterocycles.